The van der Waals surface area contributed by atoms with Crippen LogP contribution in [0.5, 0.6) is 0 Å². The minimum atomic E-state index is -1.80. The van der Waals surface area contributed by atoms with Crippen LogP contribution in [0.25, 0.3) is 10.9 Å². The van der Waals surface area contributed by atoms with Crippen molar-refractivity contribution in [2.45, 2.75) is 109 Å². The number of rotatable bonds is 12. The number of aliphatic hydroxyl groups excluding tert-OH is 1. The predicted molar refractivity (Wildman–Crippen MR) is 187 cm³/mol. The molecule has 1 aromatic carbocycles. The molecule has 1 heterocycles. The van der Waals surface area contributed by atoms with Crippen LogP contribution < -0.4 is 10.6 Å². The molecule has 0 radical (unpaired) electrons. The van der Waals surface area contributed by atoms with Crippen molar-refractivity contribution in [2.24, 2.45) is 28.6 Å². The highest BCUT2D eigenvalue weighted by Gasteiger charge is 2.68. The summed E-state index contributed by atoms with van der Waals surface area (Å²) < 4.78 is 5.22. The number of benzene rings is 1. The zero-order chi connectivity index (χ0) is 37.6. The summed E-state index contributed by atoms with van der Waals surface area (Å²) >= 11 is 0. The maximum atomic E-state index is 13.6. The normalized spacial score (nSPS) is 32.0. The van der Waals surface area contributed by atoms with E-state index in [-0.39, 0.29) is 61.1 Å². The molecule has 0 spiro atoms. The number of aromatic amines is 1. The number of nitrogens with one attached hydrogen (secondary N) is 3. The SMILES string of the molecule is C[C@H](NC(=O)CCC(=O)OCC(=O)[C@@]1(O)CC[C@H]2[C@@H]3CCC4=CC(=O)CC[C@]4(C)[C@H]3[C@@H](O)C[C@@]21C)C(=O)N[C@H](Cc1c[nH]c2ccccc12)C(=O)O. The largest absolute Gasteiger partial charge is 0.480 e. The molecule has 9 atom stereocenters. The lowest BCUT2D eigenvalue weighted by molar-refractivity contribution is -0.184. The molecule has 6 rings (SSSR count). The van der Waals surface area contributed by atoms with Crippen LogP contribution in [0.2, 0.25) is 0 Å². The molecule has 1 aromatic heterocycles. The molecule has 4 aliphatic carbocycles. The Hall–Kier alpha value is -4.36. The van der Waals surface area contributed by atoms with Gasteiger partial charge in [0.15, 0.2) is 12.4 Å². The van der Waals surface area contributed by atoms with Crippen molar-refractivity contribution in [1.82, 2.24) is 15.6 Å². The summed E-state index contributed by atoms with van der Waals surface area (Å²) in [5.74, 6) is -3.96. The summed E-state index contributed by atoms with van der Waals surface area (Å²) in [5.41, 5.74) is -0.382. The monoisotopic (exact) mass is 719 g/mol. The van der Waals surface area contributed by atoms with Crippen LogP contribution in [0, 0.1) is 28.6 Å². The number of Topliss-reactive ketones (excluding diaryl/α,β-unsaturated/α-hetero) is 1. The first-order chi connectivity index (χ1) is 24.6. The number of ketones is 2. The zero-order valence-electron chi connectivity index (χ0n) is 29.9. The van der Waals surface area contributed by atoms with E-state index in [2.05, 4.69) is 22.5 Å². The molecule has 0 bridgehead atoms. The molecule has 6 N–H and O–H groups in total. The Balaban J connectivity index is 0.978. The Morgan fingerprint density at radius 2 is 1.79 bits per heavy atom. The minimum Gasteiger partial charge on any atom is -0.480 e. The van der Waals surface area contributed by atoms with E-state index in [1.807, 2.05) is 31.2 Å². The standard InChI is InChI=1S/C39H49N3O10/c1-21(35(48)42-29(36(49)50)16-22-19-40-28-7-5-4-6-25(22)28)41-32(46)10-11-33(47)52-20-31(45)39(51)15-13-27-26-9-8-23-17-24(43)12-14-37(23,2)34(26)30(44)18-38(27,39)3/h4-7,17,19,21,26-27,29-30,34,40,44,51H,8-16,18,20H2,1-3H3,(H,41,46)(H,42,48)(H,49,50)/t21-,26-,27-,29+,30-,34+,37-,38-,39-/m0/s1. The average molecular weight is 720 g/mol. The molecule has 3 saturated carbocycles. The van der Waals surface area contributed by atoms with Gasteiger partial charge in [0.25, 0.3) is 0 Å². The summed E-state index contributed by atoms with van der Waals surface area (Å²) in [6, 6.07) is 5.04. The molecule has 4 aliphatic rings. The van der Waals surface area contributed by atoms with Crippen LogP contribution in [-0.4, -0.2) is 86.0 Å². The van der Waals surface area contributed by atoms with Gasteiger partial charge in [-0.1, -0.05) is 37.6 Å². The Kier molecular flexibility index (Phi) is 10.2. The van der Waals surface area contributed by atoms with E-state index in [1.54, 1.807) is 12.3 Å². The van der Waals surface area contributed by atoms with Crippen LogP contribution >= 0.6 is 0 Å². The van der Waals surface area contributed by atoms with Gasteiger partial charge in [-0.05, 0) is 86.3 Å². The van der Waals surface area contributed by atoms with E-state index in [9.17, 15) is 44.1 Å². The molecule has 0 aliphatic heterocycles. The third-order valence-corrected chi connectivity index (χ3v) is 12.9. The summed E-state index contributed by atoms with van der Waals surface area (Å²) in [5, 5.41) is 39.0. The van der Waals surface area contributed by atoms with Gasteiger partial charge in [-0.2, -0.15) is 0 Å². The number of carbonyl (C=O) groups is 6. The molecular formula is C39H49N3O10. The third kappa shape index (κ3) is 6.68. The van der Waals surface area contributed by atoms with Crippen molar-refractivity contribution in [3.05, 3.63) is 47.7 Å². The Bertz CT molecular complexity index is 1820. The first kappa shape index (κ1) is 37.4. The highest BCUT2D eigenvalue weighted by atomic mass is 16.5. The predicted octanol–water partition coefficient (Wildman–Crippen LogP) is 2.91. The van der Waals surface area contributed by atoms with Gasteiger partial charge in [0.1, 0.15) is 17.7 Å². The topological polar surface area (TPSA) is 212 Å². The second kappa shape index (κ2) is 14.2. The molecule has 13 heteroatoms. The number of fused-ring (bicyclic) bond motifs is 6. The van der Waals surface area contributed by atoms with Gasteiger partial charge in [0.05, 0.1) is 12.5 Å². The van der Waals surface area contributed by atoms with Gasteiger partial charge >= 0.3 is 11.9 Å². The number of hydrogen-bond donors (Lipinski definition) is 6. The van der Waals surface area contributed by atoms with Crippen molar-refractivity contribution >= 4 is 46.2 Å². The fourth-order valence-corrected chi connectivity index (χ4v) is 10.1. The van der Waals surface area contributed by atoms with Gasteiger partial charge in [-0.25, -0.2) is 4.79 Å². The van der Waals surface area contributed by atoms with E-state index in [0.717, 1.165) is 29.3 Å². The van der Waals surface area contributed by atoms with Gasteiger partial charge in [0, 0.05) is 41.8 Å². The lowest BCUT2D eigenvalue weighted by atomic mass is 9.45. The second-order valence-electron chi connectivity index (χ2n) is 15.8. The number of carbonyl (C=O) groups excluding carboxylic acids is 5. The van der Waals surface area contributed by atoms with Crippen LogP contribution in [0.4, 0.5) is 0 Å². The number of H-pyrrole nitrogens is 1. The van der Waals surface area contributed by atoms with E-state index < -0.39 is 65.3 Å². The smallest absolute Gasteiger partial charge is 0.326 e. The highest BCUT2D eigenvalue weighted by molar-refractivity contribution is 5.93. The Morgan fingerprint density at radius 3 is 2.54 bits per heavy atom. The number of carboxylic acids is 1. The number of aromatic nitrogens is 1. The van der Waals surface area contributed by atoms with Gasteiger partial charge < -0.3 is 35.7 Å². The number of carboxylic acid groups (broad SMARTS) is 1. The van der Waals surface area contributed by atoms with Crippen LogP contribution in [-0.2, 0) is 39.9 Å². The van der Waals surface area contributed by atoms with Crippen LogP contribution in [0.15, 0.2) is 42.1 Å². The average Bonchev–Trinajstić information content (AvgIpc) is 3.63. The molecule has 280 valence electrons. The third-order valence-electron chi connectivity index (χ3n) is 12.9. The molecular weight excluding hydrogens is 670 g/mol. The van der Waals surface area contributed by atoms with Crippen molar-refractivity contribution in [2.75, 3.05) is 6.61 Å². The van der Waals surface area contributed by atoms with Gasteiger partial charge in [-0.3, -0.25) is 24.0 Å². The summed E-state index contributed by atoms with van der Waals surface area (Å²) in [6.07, 6.45) is 5.61. The van der Waals surface area contributed by atoms with E-state index in [1.165, 1.54) is 6.92 Å². The Labute approximate surface area is 301 Å². The van der Waals surface area contributed by atoms with E-state index in [4.69, 9.17) is 4.74 Å². The maximum Gasteiger partial charge on any atom is 0.326 e. The molecule has 0 unspecified atom stereocenters. The molecule has 52 heavy (non-hydrogen) atoms. The van der Waals surface area contributed by atoms with E-state index >= 15 is 0 Å². The quantitative estimate of drug-likeness (QED) is 0.177. The first-order valence-corrected chi connectivity index (χ1v) is 18.3. The lowest BCUT2D eigenvalue weighted by Crippen LogP contribution is -2.62. The number of ether oxygens (including phenoxy) is 1. The fourth-order valence-electron chi connectivity index (χ4n) is 10.1. The highest BCUT2D eigenvalue weighted by Crippen LogP contribution is 2.67. The number of aliphatic carboxylic acids is 1. The zero-order valence-corrected chi connectivity index (χ0v) is 29.9. The molecule has 2 amide bonds. The molecule has 2 aromatic rings. The van der Waals surface area contributed by atoms with Crippen LogP contribution in [0.1, 0.15) is 84.1 Å². The number of hydrogen-bond acceptors (Lipinski definition) is 9. The van der Waals surface area contributed by atoms with Gasteiger partial charge in [0.2, 0.25) is 17.6 Å². The van der Waals surface area contributed by atoms with Crippen molar-refractivity contribution in [3.63, 3.8) is 0 Å². The molecule has 3 fully saturated rings. The lowest BCUT2D eigenvalue weighted by Gasteiger charge is -2.60. The number of amides is 2. The maximum absolute atomic E-state index is 13.6. The van der Waals surface area contributed by atoms with Gasteiger partial charge in [-0.15, -0.1) is 0 Å². The van der Waals surface area contributed by atoms with Crippen molar-refractivity contribution < 1.29 is 48.8 Å². The fraction of sp³-hybridized carbons (Fsp3) is 0.590. The Morgan fingerprint density at radius 1 is 1.04 bits per heavy atom. The first-order valence-electron chi connectivity index (χ1n) is 18.3. The number of aliphatic hydroxyl groups is 2. The number of allylic oxidation sites excluding steroid dienone is 1. The van der Waals surface area contributed by atoms with Crippen LogP contribution in [0.3, 0.4) is 0 Å². The molecule has 0 saturated heterocycles. The number of para-hydroxylation sites is 1. The summed E-state index contributed by atoms with van der Waals surface area (Å²) in [7, 11) is 0. The van der Waals surface area contributed by atoms with E-state index in [0.29, 0.717) is 24.8 Å². The molecule has 13 nitrogen and oxygen atoms in total. The second-order valence-corrected chi connectivity index (χ2v) is 15.8. The number of esters is 1. The summed E-state index contributed by atoms with van der Waals surface area (Å²) in [4.78, 5) is 78.7. The summed E-state index contributed by atoms with van der Waals surface area (Å²) in [6.45, 7) is 4.71. The minimum absolute atomic E-state index is 0.0218. The van der Waals surface area contributed by atoms with Crippen molar-refractivity contribution in [1.29, 1.82) is 0 Å². The van der Waals surface area contributed by atoms with Crippen molar-refractivity contribution in [3.8, 4) is 0 Å².